The molecule has 128 valence electrons. The lowest BCUT2D eigenvalue weighted by Crippen LogP contribution is -2.27. The van der Waals surface area contributed by atoms with E-state index in [1.807, 2.05) is 13.0 Å². The van der Waals surface area contributed by atoms with Gasteiger partial charge in [0, 0.05) is 41.8 Å². The van der Waals surface area contributed by atoms with Crippen molar-refractivity contribution in [2.24, 2.45) is 0 Å². The smallest absolute Gasteiger partial charge is 0.229 e. The van der Waals surface area contributed by atoms with Gasteiger partial charge in [0.2, 0.25) is 5.95 Å². The van der Waals surface area contributed by atoms with Gasteiger partial charge in [-0.15, -0.1) is 0 Å². The summed E-state index contributed by atoms with van der Waals surface area (Å²) in [6, 6.07) is 10.5. The van der Waals surface area contributed by atoms with Crippen LogP contribution >= 0.6 is 0 Å². The first-order valence-corrected chi connectivity index (χ1v) is 8.65. The van der Waals surface area contributed by atoms with Crippen molar-refractivity contribution in [2.75, 3.05) is 28.6 Å². The fourth-order valence-electron chi connectivity index (χ4n) is 2.93. The zero-order valence-electron chi connectivity index (χ0n) is 15.1. The number of hydrogen-bond acceptors (Lipinski definition) is 5. The Labute approximate surface area is 144 Å². The minimum atomic E-state index is -0.0323. The molecule has 1 aliphatic heterocycles. The highest BCUT2D eigenvalue weighted by Crippen LogP contribution is 2.24. The van der Waals surface area contributed by atoms with Crippen molar-refractivity contribution in [3.05, 3.63) is 36.0 Å². The quantitative estimate of drug-likeness (QED) is 0.876. The SMILES string of the molecule is Cc1cc(NC(C)(C)C)nc(Nc2ccc(N3CCCC3)cc2)n1. The summed E-state index contributed by atoms with van der Waals surface area (Å²) in [6.45, 7) is 10.7. The van der Waals surface area contributed by atoms with E-state index in [-0.39, 0.29) is 5.54 Å². The van der Waals surface area contributed by atoms with Crippen molar-refractivity contribution in [1.82, 2.24) is 9.97 Å². The van der Waals surface area contributed by atoms with Gasteiger partial charge in [0.05, 0.1) is 0 Å². The van der Waals surface area contributed by atoms with Gasteiger partial charge in [-0.1, -0.05) is 0 Å². The second-order valence-electron chi connectivity index (χ2n) is 7.46. The molecule has 5 nitrogen and oxygen atoms in total. The molecule has 0 saturated carbocycles. The number of rotatable bonds is 4. The van der Waals surface area contributed by atoms with Gasteiger partial charge in [0.15, 0.2) is 0 Å². The van der Waals surface area contributed by atoms with Gasteiger partial charge in [-0.3, -0.25) is 0 Å². The molecule has 0 atom stereocenters. The van der Waals surface area contributed by atoms with E-state index >= 15 is 0 Å². The third-order valence-corrected chi connectivity index (χ3v) is 3.95. The van der Waals surface area contributed by atoms with Crippen molar-refractivity contribution in [3.8, 4) is 0 Å². The molecule has 1 fully saturated rings. The Bertz CT molecular complexity index is 682. The molecule has 1 aliphatic rings. The summed E-state index contributed by atoms with van der Waals surface area (Å²) in [4.78, 5) is 11.5. The molecular formula is C19H27N5. The summed E-state index contributed by atoms with van der Waals surface area (Å²) in [5.74, 6) is 1.46. The molecule has 0 amide bonds. The van der Waals surface area contributed by atoms with Gasteiger partial charge >= 0.3 is 0 Å². The minimum absolute atomic E-state index is 0.0323. The Balaban J connectivity index is 1.73. The van der Waals surface area contributed by atoms with E-state index < -0.39 is 0 Å². The fraction of sp³-hybridized carbons (Fsp3) is 0.474. The maximum atomic E-state index is 4.57. The monoisotopic (exact) mass is 325 g/mol. The summed E-state index contributed by atoms with van der Waals surface area (Å²) in [5.41, 5.74) is 3.20. The van der Waals surface area contributed by atoms with Crippen LogP contribution in [0.5, 0.6) is 0 Å². The second-order valence-corrected chi connectivity index (χ2v) is 7.46. The van der Waals surface area contributed by atoms with Crippen LogP contribution < -0.4 is 15.5 Å². The largest absolute Gasteiger partial charge is 0.372 e. The minimum Gasteiger partial charge on any atom is -0.372 e. The van der Waals surface area contributed by atoms with Crippen LogP contribution in [0.2, 0.25) is 0 Å². The molecular weight excluding hydrogens is 298 g/mol. The Morgan fingerprint density at radius 3 is 2.29 bits per heavy atom. The van der Waals surface area contributed by atoms with Gasteiger partial charge in [0.25, 0.3) is 0 Å². The molecule has 2 N–H and O–H groups in total. The van der Waals surface area contributed by atoms with Crippen molar-refractivity contribution in [1.29, 1.82) is 0 Å². The Kier molecular flexibility index (Phi) is 4.60. The van der Waals surface area contributed by atoms with E-state index in [1.165, 1.54) is 18.5 Å². The molecule has 0 aliphatic carbocycles. The Morgan fingerprint density at radius 2 is 1.67 bits per heavy atom. The molecule has 5 heteroatoms. The van der Waals surface area contributed by atoms with Gasteiger partial charge in [-0.05, 0) is 64.8 Å². The molecule has 24 heavy (non-hydrogen) atoms. The standard InChI is InChI=1S/C19H27N5/c1-14-13-17(23-19(2,3)4)22-18(20-14)21-15-7-9-16(10-8-15)24-11-5-6-12-24/h7-10,13H,5-6,11-12H2,1-4H3,(H2,20,21,22,23). The highest BCUT2D eigenvalue weighted by molar-refractivity contribution is 5.60. The van der Waals surface area contributed by atoms with Crippen molar-refractivity contribution in [2.45, 2.75) is 46.1 Å². The zero-order valence-corrected chi connectivity index (χ0v) is 15.1. The maximum Gasteiger partial charge on any atom is 0.229 e. The third kappa shape index (κ3) is 4.37. The number of nitrogens with zero attached hydrogens (tertiary/aromatic N) is 3. The Hall–Kier alpha value is -2.30. The van der Waals surface area contributed by atoms with E-state index in [9.17, 15) is 0 Å². The van der Waals surface area contributed by atoms with E-state index in [1.54, 1.807) is 0 Å². The average molecular weight is 325 g/mol. The number of hydrogen-bond donors (Lipinski definition) is 2. The van der Waals surface area contributed by atoms with E-state index in [0.29, 0.717) is 5.95 Å². The van der Waals surface area contributed by atoms with Crippen LogP contribution in [-0.2, 0) is 0 Å². The van der Waals surface area contributed by atoms with Gasteiger partial charge in [-0.25, -0.2) is 4.98 Å². The topological polar surface area (TPSA) is 53.1 Å². The lowest BCUT2D eigenvalue weighted by atomic mass is 10.1. The summed E-state index contributed by atoms with van der Waals surface area (Å²) < 4.78 is 0. The molecule has 3 rings (SSSR count). The lowest BCUT2D eigenvalue weighted by molar-refractivity contribution is 0.630. The normalized spacial score (nSPS) is 14.8. The molecule has 2 aromatic rings. The van der Waals surface area contributed by atoms with E-state index in [0.717, 1.165) is 30.3 Å². The van der Waals surface area contributed by atoms with Crippen LogP contribution in [0.1, 0.15) is 39.3 Å². The third-order valence-electron chi connectivity index (χ3n) is 3.95. The fourth-order valence-corrected chi connectivity index (χ4v) is 2.93. The van der Waals surface area contributed by atoms with Crippen LogP contribution in [-0.4, -0.2) is 28.6 Å². The van der Waals surface area contributed by atoms with Crippen LogP contribution in [0.3, 0.4) is 0 Å². The molecule has 0 radical (unpaired) electrons. The molecule has 0 bridgehead atoms. The van der Waals surface area contributed by atoms with E-state index in [4.69, 9.17) is 0 Å². The number of nitrogens with one attached hydrogen (secondary N) is 2. The summed E-state index contributed by atoms with van der Waals surface area (Å²) in [5, 5.41) is 6.70. The summed E-state index contributed by atoms with van der Waals surface area (Å²) in [6.07, 6.45) is 2.58. The molecule has 1 aromatic carbocycles. The average Bonchev–Trinajstić information content (AvgIpc) is 2.99. The van der Waals surface area contributed by atoms with Gasteiger partial charge in [0.1, 0.15) is 5.82 Å². The van der Waals surface area contributed by atoms with Gasteiger partial charge < -0.3 is 15.5 Å². The number of aryl methyl sites for hydroxylation is 1. The second kappa shape index (κ2) is 6.67. The highest BCUT2D eigenvalue weighted by atomic mass is 15.2. The van der Waals surface area contributed by atoms with Crippen LogP contribution in [0.15, 0.2) is 30.3 Å². The summed E-state index contributed by atoms with van der Waals surface area (Å²) >= 11 is 0. The van der Waals surface area contributed by atoms with Crippen molar-refractivity contribution in [3.63, 3.8) is 0 Å². The lowest BCUT2D eigenvalue weighted by Gasteiger charge is -2.22. The first-order chi connectivity index (χ1) is 11.4. The van der Waals surface area contributed by atoms with Crippen molar-refractivity contribution < 1.29 is 0 Å². The first kappa shape index (κ1) is 16.6. The highest BCUT2D eigenvalue weighted by Gasteiger charge is 2.13. The zero-order chi connectivity index (χ0) is 17.2. The molecule has 1 saturated heterocycles. The van der Waals surface area contributed by atoms with Crippen LogP contribution in [0.25, 0.3) is 0 Å². The predicted molar refractivity (Wildman–Crippen MR) is 101 cm³/mol. The van der Waals surface area contributed by atoms with Crippen molar-refractivity contribution >= 4 is 23.1 Å². The predicted octanol–water partition coefficient (Wildman–Crippen LogP) is 4.34. The number of benzene rings is 1. The summed E-state index contributed by atoms with van der Waals surface area (Å²) in [7, 11) is 0. The first-order valence-electron chi connectivity index (χ1n) is 8.65. The molecule has 2 heterocycles. The number of aromatic nitrogens is 2. The van der Waals surface area contributed by atoms with Gasteiger partial charge in [-0.2, -0.15) is 4.98 Å². The molecule has 0 unspecified atom stereocenters. The Morgan fingerprint density at radius 1 is 1.00 bits per heavy atom. The van der Waals surface area contributed by atoms with Crippen LogP contribution in [0.4, 0.5) is 23.1 Å². The number of anilines is 4. The van der Waals surface area contributed by atoms with Crippen LogP contribution in [0, 0.1) is 6.92 Å². The molecule has 0 spiro atoms. The molecule has 1 aromatic heterocycles. The maximum absolute atomic E-state index is 4.57. The van der Waals surface area contributed by atoms with E-state index in [2.05, 4.69) is 70.5 Å².